The molecule has 0 amide bonds. The van der Waals surface area contributed by atoms with Gasteiger partial charge in [0.1, 0.15) is 0 Å². The Morgan fingerprint density at radius 2 is 2.29 bits per heavy atom. The molecule has 0 bridgehead atoms. The molecule has 2 unspecified atom stereocenters. The molecular weight excluding hydrogens is 214 g/mol. The van der Waals surface area contributed by atoms with Gasteiger partial charge in [-0.3, -0.25) is 0 Å². The molecule has 100 valence electrons. The van der Waals surface area contributed by atoms with Gasteiger partial charge in [0, 0.05) is 26.4 Å². The van der Waals surface area contributed by atoms with Crippen molar-refractivity contribution in [3.63, 3.8) is 0 Å². The minimum atomic E-state index is 0.268. The quantitative estimate of drug-likeness (QED) is 0.774. The van der Waals surface area contributed by atoms with Crippen LogP contribution in [-0.2, 0) is 9.47 Å². The Labute approximate surface area is 105 Å². The summed E-state index contributed by atoms with van der Waals surface area (Å²) in [6, 6.07) is 0.612. The van der Waals surface area contributed by atoms with Crippen molar-refractivity contribution in [1.82, 2.24) is 5.32 Å². The summed E-state index contributed by atoms with van der Waals surface area (Å²) in [5.74, 6) is 0.777. The van der Waals surface area contributed by atoms with Gasteiger partial charge in [-0.05, 0) is 51.0 Å². The summed E-state index contributed by atoms with van der Waals surface area (Å²) in [4.78, 5) is 0. The van der Waals surface area contributed by atoms with E-state index in [2.05, 4.69) is 12.2 Å². The summed E-state index contributed by atoms with van der Waals surface area (Å²) in [6.45, 7) is 5.07. The minimum Gasteiger partial charge on any atom is -0.385 e. The van der Waals surface area contributed by atoms with Gasteiger partial charge in [0.05, 0.1) is 5.60 Å². The van der Waals surface area contributed by atoms with Gasteiger partial charge in [0.25, 0.3) is 0 Å². The Hall–Kier alpha value is -0.120. The largest absolute Gasteiger partial charge is 0.385 e. The molecule has 1 N–H and O–H groups in total. The van der Waals surface area contributed by atoms with E-state index in [1.807, 2.05) is 0 Å². The van der Waals surface area contributed by atoms with Crippen LogP contribution >= 0.6 is 0 Å². The van der Waals surface area contributed by atoms with Gasteiger partial charge >= 0.3 is 0 Å². The Balaban J connectivity index is 1.87. The molecule has 0 aromatic rings. The van der Waals surface area contributed by atoms with Gasteiger partial charge in [-0.25, -0.2) is 0 Å². The first kappa shape index (κ1) is 13.3. The van der Waals surface area contributed by atoms with Crippen molar-refractivity contribution in [2.45, 2.75) is 57.1 Å². The summed E-state index contributed by atoms with van der Waals surface area (Å²) in [7, 11) is 1.79. The maximum Gasteiger partial charge on any atom is 0.0685 e. The average Bonchev–Trinajstić information content (AvgIpc) is 2.33. The molecule has 1 spiro atoms. The smallest absolute Gasteiger partial charge is 0.0685 e. The number of hydrogen-bond acceptors (Lipinski definition) is 3. The molecule has 17 heavy (non-hydrogen) atoms. The summed E-state index contributed by atoms with van der Waals surface area (Å²) < 4.78 is 11.2. The highest BCUT2D eigenvalue weighted by atomic mass is 16.5. The monoisotopic (exact) mass is 241 g/mol. The molecular formula is C14H27NO2. The third-order valence-electron chi connectivity index (χ3n) is 4.46. The predicted molar refractivity (Wildman–Crippen MR) is 69.2 cm³/mol. The molecule has 0 aromatic heterocycles. The van der Waals surface area contributed by atoms with Crippen LogP contribution in [0.3, 0.4) is 0 Å². The molecule has 2 atom stereocenters. The van der Waals surface area contributed by atoms with Gasteiger partial charge < -0.3 is 14.8 Å². The van der Waals surface area contributed by atoms with Crippen molar-refractivity contribution in [2.75, 3.05) is 26.9 Å². The van der Waals surface area contributed by atoms with Crippen molar-refractivity contribution >= 4 is 0 Å². The van der Waals surface area contributed by atoms with Gasteiger partial charge in [0.2, 0.25) is 0 Å². The fourth-order valence-electron chi connectivity index (χ4n) is 3.34. The average molecular weight is 241 g/mol. The van der Waals surface area contributed by atoms with Crippen LogP contribution in [0.5, 0.6) is 0 Å². The lowest BCUT2D eigenvalue weighted by atomic mass is 9.70. The second-order valence-corrected chi connectivity index (χ2v) is 5.58. The zero-order chi connectivity index (χ0) is 12.1. The Kier molecular flexibility index (Phi) is 4.83. The van der Waals surface area contributed by atoms with E-state index in [0.717, 1.165) is 32.1 Å². The van der Waals surface area contributed by atoms with Gasteiger partial charge in [-0.1, -0.05) is 6.92 Å². The number of ether oxygens (including phenoxy) is 2. The number of rotatable bonds is 6. The molecule has 1 heterocycles. The van der Waals surface area contributed by atoms with Crippen LogP contribution in [0.15, 0.2) is 0 Å². The van der Waals surface area contributed by atoms with Crippen molar-refractivity contribution in [1.29, 1.82) is 0 Å². The van der Waals surface area contributed by atoms with Crippen molar-refractivity contribution in [3.05, 3.63) is 0 Å². The van der Waals surface area contributed by atoms with Crippen LogP contribution in [0.2, 0.25) is 0 Å². The van der Waals surface area contributed by atoms with Crippen LogP contribution in [-0.4, -0.2) is 38.5 Å². The van der Waals surface area contributed by atoms with Crippen LogP contribution in [0, 0.1) is 5.92 Å². The summed E-state index contributed by atoms with van der Waals surface area (Å²) in [6.07, 6.45) is 7.53. The first-order valence-corrected chi connectivity index (χ1v) is 7.16. The molecule has 2 rings (SSSR count). The standard InChI is InChI=1S/C14H27NO2/c1-3-15-13(6-9-16-2)12-5-10-17-14(11-12)7-4-8-14/h12-13,15H,3-11H2,1-2H3. The van der Waals surface area contributed by atoms with E-state index in [1.165, 1.54) is 32.1 Å². The van der Waals surface area contributed by atoms with Gasteiger partial charge in [-0.15, -0.1) is 0 Å². The Bertz CT molecular complexity index is 228. The second kappa shape index (κ2) is 6.17. The molecule has 1 aliphatic carbocycles. The van der Waals surface area contributed by atoms with Gasteiger partial charge in [0.15, 0.2) is 0 Å². The predicted octanol–water partition coefficient (Wildman–Crippen LogP) is 2.35. The molecule has 3 nitrogen and oxygen atoms in total. The highest BCUT2D eigenvalue weighted by Gasteiger charge is 2.43. The molecule has 0 aromatic carbocycles. The number of hydrogen-bond donors (Lipinski definition) is 1. The minimum absolute atomic E-state index is 0.268. The lowest BCUT2D eigenvalue weighted by molar-refractivity contribution is -0.147. The van der Waals surface area contributed by atoms with Crippen LogP contribution < -0.4 is 5.32 Å². The molecule has 3 heteroatoms. The second-order valence-electron chi connectivity index (χ2n) is 5.58. The van der Waals surface area contributed by atoms with E-state index >= 15 is 0 Å². The fraction of sp³-hybridized carbons (Fsp3) is 1.00. The molecule has 2 aliphatic rings. The number of methoxy groups -OCH3 is 1. The third-order valence-corrected chi connectivity index (χ3v) is 4.46. The molecule has 1 saturated carbocycles. The van der Waals surface area contributed by atoms with E-state index in [9.17, 15) is 0 Å². The Morgan fingerprint density at radius 1 is 1.47 bits per heavy atom. The molecule has 2 fully saturated rings. The highest BCUT2D eigenvalue weighted by Crippen LogP contribution is 2.45. The van der Waals surface area contributed by atoms with Gasteiger partial charge in [-0.2, -0.15) is 0 Å². The molecule has 1 aliphatic heterocycles. The topological polar surface area (TPSA) is 30.5 Å². The molecule has 1 saturated heterocycles. The highest BCUT2D eigenvalue weighted by molar-refractivity contribution is 4.96. The van der Waals surface area contributed by atoms with E-state index in [0.29, 0.717) is 6.04 Å². The maximum absolute atomic E-state index is 6.01. The third kappa shape index (κ3) is 3.21. The first-order chi connectivity index (χ1) is 8.29. The maximum atomic E-state index is 6.01. The van der Waals surface area contributed by atoms with Crippen molar-refractivity contribution in [3.8, 4) is 0 Å². The van der Waals surface area contributed by atoms with Crippen LogP contribution in [0.25, 0.3) is 0 Å². The van der Waals surface area contributed by atoms with Crippen LogP contribution in [0.1, 0.15) is 45.4 Å². The van der Waals surface area contributed by atoms with E-state index in [1.54, 1.807) is 7.11 Å². The number of nitrogens with one attached hydrogen (secondary N) is 1. The summed E-state index contributed by atoms with van der Waals surface area (Å²) in [5.41, 5.74) is 0.268. The van der Waals surface area contributed by atoms with E-state index < -0.39 is 0 Å². The zero-order valence-electron chi connectivity index (χ0n) is 11.3. The normalized spacial score (nSPS) is 28.9. The SMILES string of the molecule is CCNC(CCOC)C1CCOC2(CCC2)C1. The summed E-state index contributed by atoms with van der Waals surface area (Å²) >= 11 is 0. The zero-order valence-corrected chi connectivity index (χ0v) is 11.3. The first-order valence-electron chi connectivity index (χ1n) is 7.16. The Morgan fingerprint density at radius 3 is 2.88 bits per heavy atom. The van der Waals surface area contributed by atoms with Crippen molar-refractivity contribution in [2.24, 2.45) is 5.92 Å². The summed E-state index contributed by atoms with van der Waals surface area (Å²) in [5, 5.41) is 3.64. The molecule has 0 radical (unpaired) electrons. The fourth-order valence-corrected chi connectivity index (χ4v) is 3.34. The van der Waals surface area contributed by atoms with Crippen molar-refractivity contribution < 1.29 is 9.47 Å². The lowest BCUT2D eigenvalue weighted by Crippen LogP contribution is -2.50. The van der Waals surface area contributed by atoms with Crippen LogP contribution in [0.4, 0.5) is 0 Å². The lowest BCUT2D eigenvalue weighted by Gasteiger charge is -2.49. The van der Waals surface area contributed by atoms with E-state index in [4.69, 9.17) is 9.47 Å². The van der Waals surface area contributed by atoms with E-state index in [-0.39, 0.29) is 5.60 Å².